The van der Waals surface area contributed by atoms with E-state index in [4.69, 9.17) is 0 Å². The van der Waals surface area contributed by atoms with Gasteiger partial charge in [0.1, 0.15) is 17.2 Å². The Hall–Kier alpha value is -3.25. The minimum Gasteiger partial charge on any atom is -0.324 e. The predicted octanol–water partition coefficient (Wildman–Crippen LogP) is 4.72. The van der Waals surface area contributed by atoms with E-state index in [9.17, 15) is 17.4 Å². The van der Waals surface area contributed by atoms with Gasteiger partial charge in [0.15, 0.2) is 5.82 Å². The van der Waals surface area contributed by atoms with Gasteiger partial charge >= 0.3 is 6.18 Å². The molecule has 34 heavy (non-hydrogen) atoms. The molecule has 0 radical (unpaired) electrons. The standard InChI is InChI=1S/C22H24F3N7OS/c1-32-10-9-14-7-8-16(11-15(14)13-32)27-21-26-12-17(22(23,24)25)20(30-21)29-18-5-4-6-19(28-18)31-34(2,3)33/h4-8,11-12H,9-10,13H2,1-3H3,(H2,26,27,28,29,30). The zero-order valence-electron chi connectivity index (χ0n) is 18.8. The molecule has 0 atom stereocenters. The van der Waals surface area contributed by atoms with Crippen LogP contribution in [0.3, 0.4) is 0 Å². The Morgan fingerprint density at radius 1 is 1.09 bits per heavy atom. The second-order valence-electron chi connectivity index (χ2n) is 8.33. The summed E-state index contributed by atoms with van der Waals surface area (Å²) in [6.45, 7) is 1.77. The molecule has 2 N–H and O–H groups in total. The van der Waals surface area contributed by atoms with Crippen molar-refractivity contribution in [2.24, 2.45) is 4.36 Å². The van der Waals surface area contributed by atoms with E-state index in [1.54, 1.807) is 6.07 Å². The molecule has 0 unspecified atom stereocenters. The Kier molecular flexibility index (Phi) is 6.45. The first kappa shape index (κ1) is 23.9. The van der Waals surface area contributed by atoms with Crippen molar-refractivity contribution in [1.29, 1.82) is 0 Å². The lowest BCUT2D eigenvalue weighted by molar-refractivity contribution is -0.137. The van der Waals surface area contributed by atoms with E-state index >= 15 is 0 Å². The first-order valence-corrected chi connectivity index (χ1v) is 12.7. The van der Waals surface area contributed by atoms with Crippen LogP contribution in [-0.4, -0.2) is 50.2 Å². The topological polar surface area (TPSA) is 95.4 Å². The van der Waals surface area contributed by atoms with Crippen molar-refractivity contribution < 1.29 is 17.4 Å². The van der Waals surface area contributed by atoms with Crippen molar-refractivity contribution in [3.63, 3.8) is 0 Å². The summed E-state index contributed by atoms with van der Waals surface area (Å²) < 4.78 is 56.8. The number of hydrogen-bond acceptors (Lipinski definition) is 8. The highest BCUT2D eigenvalue weighted by molar-refractivity contribution is 7.92. The molecule has 0 amide bonds. The van der Waals surface area contributed by atoms with Gasteiger partial charge in [-0.05, 0) is 48.9 Å². The Morgan fingerprint density at radius 3 is 2.62 bits per heavy atom. The molecule has 3 heterocycles. The summed E-state index contributed by atoms with van der Waals surface area (Å²) in [5.41, 5.74) is 2.04. The molecular weight excluding hydrogens is 467 g/mol. The molecule has 8 nitrogen and oxygen atoms in total. The number of halogens is 3. The first-order valence-electron chi connectivity index (χ1n) is 10.4. The van der Waals surface area contributed by atoms with Gasteiger partial charge in [-0.1, -0.05) is 12.1 Å². The number of anilines is 4. The van der Waals surface area contributed by atoms with Gasteiger partial charge in [0.05, 0.1) is 0 Å². The molecule has 12 heteroatoms. The van der Waals surface area contributed by atoms with Crippen LogP contribution in [0.5, 0.6) is 0 Å². The lowest BCUT2D eigenvalue weighted by Gasteiger charge is -2.25. The molecule has 0 saturated carbocycles. The fraction of sp³-hybridized carbons (Fsp3) is 0.318. The highest BCUT2D eigenvalue weighted by Crippen LogP contribution is 2.35. The Morgan fingerprint density at radius 2 is 1.88 bits per heavy atom. The van der Waals surface area contributed by atoms with Gasteiger partial charge in [-0.2, -0.15) is 22.5 Å². The lowest BCUT2D eigenvalue weighted by atomic mass is 9.99. The van der Waals surface area contributed by atoms with Gasteiger partial charge in [-0.3, -0.25) is 0 Å². The van der Waals surface area contributed by atoms with Gasteiger partial charge in [0.2, 0.25) is 5.95 Å². The Balaban J connectivity index is 1.65. The van der Waals surface area contributed by atoms with Crippen LogP contribution < -0.4 is 10.6 Å². The van der Waals surface area contributed by atoms with E-state index in [1.807, 2.05) is 25.2 Å². The number of aromatic nitrogens is 3. The molecule has 0 saturated heterocycles. The molecule has 0 fully saturated rings. The second-order valence-corrected chi connectivity index (χ2v) is 10.9. The molecule has 1 aliphatic rings. The number of pyridine rings is 1. The highest BCUT2D eigenvalue weighted by Gasteiger charge is 2.35. The average Bonchev–Trinajstić information content (AvgIpc) is 2.72. The fourth-order valence-corrected chi connectivity index (χ4v) is 4.09. The summed E-state index contributed by atoms with van der Waals surface area (Å²) in [5.74, 6) is -0.233. The summed E-state index contributed by atoms with van der Waals surface area (Å²) >= 11 is 0. The maximum atomic E-state index is 13.6. The maximum Gasteiger partial charge on any atom is 0.421 e. The number of fused-ring (bicyclic) bond motifs is 1. The zero-order valence-corrected chi connectivity index (χ0v) is 19.7. The Labute approximate surface area is 195 Å². The predicted molar refractivity (Wildman–Crippen MR) is 126 cm³/mol. The summed E-state index contributed by atoms with van der Waals surface area (Å²) in [6.07, 6.45) is -0.126. The third-order valence-electron chi connectivity index (χ3n) is 5.05. The van der Waals surface area contributed by atoms with Gasteiger partial charge in [0, 0.05) is 47.2 Å². The Bertz CT molecular complexity index is 1330. The SMILES string of the molecule is CN1CCc2ccc(Nc3ncc(C(F)(F)F)c(Nc4cccc(N=S(C)(C)=O)n4)n3)cc2C1. The van der Waals surface area contributed by atoms with Crippen molar-refractivity contribution in [3.8, 4) is 0 Å². The van der Waals surface area contributed by atoms with E-state index in [0.717, 1.165) is 31.3 Å². The van der Waals surface area contributed by atoms with Crippen LogP contribution in [-0.2, 0) is 28.9 Å². The van der Waals surface area contributed by atoms with Crippen LogP contribution in [0.25, 0.3) is 0 Å². The number of hydrogen-bond donors (Lipinski definition) is 2. The first-order chi connectivity index (χ1) is 16.0. The van der Waals surface area contributed by atoms with Crippen LogP contribution in [0.4, 0.5) is 42.3 Å². The van der Waals surface area contributed by atoms with Crippen molar-refractivity contribution in [1.82, 2.24) is 19.9 Å². The maximum absolute atomic E-state index is 13.6. The van der Waals surface area contributed by atoms with Crippen molar-refractivity contribution in [2.45, 2.75) is 19.1 Å². The number of benzene rings is 1. The van der Waals surface area contributed by atoms with Gasteiger partial charge in [0.25, 0.3) is 0 Å². The van der Waals surface area contributed by atoms with Crippen LogP contribution in [0, 0.1) is 0 Å². The second kappa shape index (κ2) is 9.18. The quantitative estimate of drug-likeness (QED) is 0.533. The van der Waals surface area contributed by atoms with E-state index in [0.29, 0.717) is 5.69 Å². The molecule has 4 rings (SSSR count). The molecular formula is C22H24F3N7OS. The van der Waals surface area contributed by atoms with Crippen molar-refractivity contribution >= 4 is 38.8 Å². The lowest BCUT2D eigenvalue weighted by Crippen LogP contribution is -2.26. The minimum atomic E-state index is -4.68. The summed E-state index contributed by atoms with van der Waals surface area (Å²) in [4.78, 5) is 14.3. The number of alkyl halides is 3. The molecule has 1 aromatic carbocycles. The molecule has 3 aromatic rings. The molecule has 2 aromatic heterocycles. The van der Waals surface area contributed by atoms with Crippen LogP contribution >= 0.6 is 0 Å². The highest BCUT2D eigenvalue weighted by atomic mass is 32.2. The molecule has 180 valence electrons. The molecule has 0 aliphatic carbocycles. The molecule has 1 aliphatic heterocycles. The van der Waals surface area contributed by atoms with E-state index in [2.05, 4.69) is 34.8 Å². The van der Waals surface area contributed by atoms with E-state index in [-0.39, 0.29) is 17.6 Å². The molecule has 0 spiro atoms. The summed E-state index contributed by atoms with van der Waals surface area (Å²) in [5, 5.41) is 5.60. The third-order valence-corrected chi connectivity index (χ3v) is 5.68. The van der Waals surface area contributed by atoms with E-state index in [1.165, 1.54) is 30.2 Å². The normalized spacial score (nSPS) is 14.4. The number of rotatable bonds is 5. The fourth-order valence-electron chi connectivity index (χ4n) is 3.54. The van der Waals surface area contributed by atoms with Gasteiger partial charge in [-0.15, -0.1) is 0 Å². The van der Waals surface area contributed by atoms with Crippen LogP contribution in [0.15, 0.2) is 47.0 Å². The average molecular weight is 492 g/mol. The third kappa shape index (κ3) is 6.00. The van der Waals surface area contributed by atoms with Crippen LogP contribution in [0.1, 0.15) is 16.7 Å². The van der Waals surface area contributed by atoms with E-state index < -0.39 is 27.3 Å². The van der Waals surface area contributed by atoms with Gasteiger partial charge in [-0.25, -0.2) is 14.2 Å². The smallest absolute Gasteiger partial charge is 0.324 e. The molecule has 0 bridgehead atoms. The minimum absolute atomic E-state index is 0.00518. The van der Waals surface area contributed by atoms with Gasteiger partial charge < -0.3 is 15.5 Å². The van der Waals surface area contributed by atoms with Crippen molar-refractivity contribution in [2.75, 3.05) is 36.7 Å². The summed E-state index contributed by atoms with van der Waals surface area (Å²) in [7, 11) is -0.446. The van der Waals surface area contributed by atoms with Crippen molar-refractivity contribution in [3.05, 3.63) is 59.3 Å². The number of nitrogens with zero attached hydrogens (tertiary/aromatic N) is 5. The number of likely N-dealkylation sites (N-methyl/N-ethyl adjacent to an activating group) is 1. The largest absolute Gasteiger partial charge is 0.421 e. The van der Waals surface area contributed by atoms with Crippen LogP contribution in [0.2, 0.25) is 0 Å². The summed E-state index contributed by atoms with van der Waals surface area (Å²) in [6, 6.07) is 10.4. The number of nitrogens with one attached hydrogen (secondary N) is 2. The zero-order chi connectivity index (χ0) is 24.5. The monoisotopic (exact) mass is 491 g/mol.